The van der Waals surface area contributed by atoms with Gasteiger partial charge in [-0.3, -0.25) is 9.59 Å². The maximum Gasteiger partial charge on any atom is 0.303 e. The van der Waals surface area contributed by atoms with Crippen LogP contribution in [0.15, 0.2) is 12.2 Å². The molecule has 2 fully saturated rings. The number of unbranched alkanes of at least 4 members (excludes halogenated alkanes) is 4. The van der Waals surface area contributed by atoms with Gasteiger partial charge in [-0.15, -0.1) is 0 Å². The van der Waals surface area contributed by atoms with Crippen LogP contribution in [0, 0.1) is 11.8 Å². The molecule has 0 saturated carbocycles. The van der Waals surface area contributed by atoms with Crippen LogP contribution >= 0.6 is 12.2 Å². The molecule has 2 aliphatic heterocycles. The van der Waals surface area contributed by atoms with Crippen LogP contribution in [0.5, 0.6) is 0 Å². The normalized spacial score (nSPS) is 25.0. The standard InChI is InChI=1S/C23H38N2O4S/c1-2-3-4-8-11-22(30)25-16-21(26)24-15-18-17(19-13-14-20(18)29-19)10-7-5-6-9-12-23(27)28/h5,7,17-20H,2-4,6,8-16H2,1H3,(H,24,26)(H,25,30)(H,27,28)/b7-5-/t17-,18?,19+,20-/m1/s1. The van der Waals surface area contributed by atoms with Crippen molar-refractivity contribution >= 4 is 29.1 Å². The Morgan fingerprint density at radius 3 is 2.53 bits per heavy atom. The Labute approximate surface area is 186 Å². The minimum Gasteiger partial charge on any atom is -0.481 e. The zero-order valence-corrected chi connectivity index (χ0v) is 19.1. The predicted molar refractivity (Wildman–Crippen MR) is 122 cm³/mol. The number of thiocarbonyl (C=S) groups is 1. The number of fused-ring (bicyclic) bond motifs is 2. The lowest BCUT2D eigenvalue weighted by molar-refractivity contribution is -0.137. The molecule has 2 saturated heterocycles. The number of carbonyl (C=O) groups excluding carboxylic acids is 1. The maximum absolute atomic E-state index is 12.2. The van der Waals surface area contributed by atoms with E-state index in [0.717, 1.165) is 43.5 Å². The molecule has 0 aliphatic carbocycles. The monoisotopic (exact) mass is 438 g/mol. The fourth-order valence-electron chi connectivity index (χ4n) is 4.50. The summed E-state index contributed by atoms with van der Waals surface area (Å²) in [5, 5.41) is 14.8. The Morgan fingerprint density at radius 1 is 1.03 bits per heavy atom. The molecular formula is C23H38N2O4S. The number of rotatable bonds is 15. The number of amides is 1. The molecule has 2 bridgehead atoms. The van der Waals surface area contributed by atoms with Crippen molar-refractivity contribution in [1.29, 1.82) is 0 Å². The van der Waals surface area contributed by atoms with Gasteiger partial charge in [0.15, 0.2) is 0 Å². The molecule has 0 aromatic rings. The molecule has 0 aromatic carbocycles. The number of nitrogens with one attached hydrogen (secondary N) is 2. The van der Waals surface area contributed by atoms with Crippen molar-refractivity contribution in [1.82, 2.24) is 10.6 Å². The first-order chi connectivity index (χ1) is 14.5. The molecule has 170 valence electrons. The fraction of sp³-hybridized carbons (Fsp3) is 0.783. The van der Waals surface area contributed by atoms with Gasteiger partial charge in [-0.25, -0.2) is 0 Å². The molecule has 3 N–H and O–H groups in total. The highest BCUT2D eigenvalue weighted by atomic mass is 32.1. The van der Waals surface area contributed by atoms with Crippen LogP contribution in [0.25, 0.3) is 0 Å². The number of aliphatic carboxylic acids is 1. The van der Waals surface area contributed by atoms with E-state index in [1.807, 2.05) is 0 Å². The SMILES string of the molecule is CCCCCCC(=S)NCC(=O)NCC1[C@@H](C/C=C\CCCC(=O)O)[C@@H]2CC[C@H]1O2. The van der Waals surface area contributed by atoms with E-state index in [1.54, 1.807) is 0 Å². The zero-order chi connectivity index (χ0) is 21.8. The van der Waals surface area contributed by atoms with Gasteiger partial charge in [0.1, 0.15) is 0 Å². The van der Waals surface area contributed by atoms with Crippen LogP contribution < -0.4 is 10.6 Å². The van der Waals surface area contributed by atoms with Crippen LogP contribution in [-0.4, -0.2) is 47.3 Å². The first-order valence-corrected chi connectivity index (χ1v) is 12.0. The summed E-state index contributed by atoms with van der Waals surface area (Å²) in [5.41, 5.74) is 0. The second kappa shape index (κ2) is 13.8. The van der Waals surface area contributed by atoms with E-state index in [4.69, 9.17) is 22.1 Å². The highest BCUT2D eigenvalue weighted by molar-refractivity contribution is 7.80. The summed E-state index contributed by atoms with van der Waals surface area (Å²) in [4.78, 5) is 23.6. The van der Waals surface area contributed by atoms with Crippen LogP contribution in [0.2, 0.25) is 0 Å². The van der Waals surface area contributed by atoms with E-state index in [0.29, 0.717) is 24.8 Å². The Bertz CT molecular complexity index is 596. The Hall–Kier alpha value is -1.47. The molecule has 1 unspecified atom stereocenters. The van der Waals surface area contributed by atoms with Gasteiger partial charge in [0.2, 0.25) is 5.91 Å². The number of allylic oxidation sites excluding steroid dienone is 2. The molecule has 0 spiro atoms. The number of hydrogen-bond acceptors (Lipinski definition) is 4. The Kier molecular flexibility index (Phi) is 11.4. The Balaban J connectivity index is 1.66. The maximum atomic E-state index is 12.2. The summed E-state index contributed by atoms with van der Waals surface area (Å²) in [6, 6.07) is 0. The van der Waals surface area contributed by atoms with E-state index in [2.05, 4.69) is 29.7 Å². The smallest absolute Gasteiger partial charge is 0.303 e. The molecule has 2 rings (SSSR count). The minimum atomic E-state index is -0.743. The van der Waals surface area contributed by atoms with Crippen molar-refractivity contribution in [3.63, 3.8) is 0 Å². The summed E-state index contributed by atoms with van der Waals surface area (Å²) < 4.78 is 6.10. The quantitative estimate of drug-likeness (QED) is 0.204. The highest BCUT2D eigenvalue weighted by Gasteiger charge is 2.47. The van der Waals surface area contributed by atoms with Crippen LogP contribution in [0.4, 0.5) is 0 Å². The molecule has 1 amide bonds. The lowest BCUT2D eigenvalue weighted by Gasteiger charge is -2.27. The van der Waals surface area contributed by atoms with Crippen molar-refractivity contribution in [2.75, 3.05) is 13.1 Å². The number of hydrogen-bond donors (Lipinski definition) is 3. The lowest BCUT2D eigenvalue weighted by atomic mass is 9.77. The number of carboxylic acids is 1. The highest BCUT2D eigenvalue weighted by Crippen LogP contribution is 2.44. The van der Waals surface area contributed by atoms with Gasteiger partial charge < -0.3 is 20.5 Å². The largest absolute Gasteiger partial charge is 0.481 e. The van der Waals surface area contributed by atoms with Crippen LogP contribution in [-0.2, 0) is 14.3 Å². The van der Waals surface area contributed by atoms with Gasteiger partial charge in [-0.05, 0) is 50.9 Å². The van der Waals surface area contributed by atoms with Gasteiger partial charge in [-0.1, -0.05) is 50.6 Å². The molecule has 0 aromatic heterocycles. The third-order valence-electron chi connectivity index (χ3n) is 6.17. The zero-order valence-electron chi connectivity index (χ0n) is 18.2. The lowest BCUT2D eigenvalue weighted by Crippen LogP contribution is -2.42. The summed E-state index contributed by atoms with van der Waals surface area (Å²) in [6.07, 6.45) is 15.1. The topological polar surface area (TPSA) is 87.7 Å². The third-order valence-corrected chi connectivity index (χ3v) is 6.51. The van der Waals surface area contributed by atoms with Gasteiger partial charge >= 0.3 is 5.97 Å². The Morgan fingerprint density at radius 2 is 1.80 bits per heavy atom. The first-order valence-electron chi connectivity index (χ1n) is 11.6. The second-order valence-corrected chi connectivity index (χ2v) is 9.00. The number of ether oxygens (including phenoxy) is 1. The van der Waals surface area contributed by atoms with Crippen molar-refractivity contribution in [3.8, 4) is 0 Å². The van der Waals surface area contributed by atoms with Gasteiger partial charge in [-0.2, -0.15) is 0 Å². The minimum absolute atomic E-state index is 0.0170. The van der Waals surface area contributed by atoms with Gasteiger partial charge in [0.25, 0.3) is 0 Å². The fourth-order valence-corrected chi connectivity index (χ4v) is 4.71. The van der Waals surface area contributed by atoms with E-state index >= 15 is 0 Å². The molecule has 7 heteroatoms. The summed E-state index contributed by atoms with van der Waals surface area (Å²) in [7, 11) is 0. The molecule has 30 heavy (non-hydrogen) atoms. The predicted octanol–water partition coefficient (Wildman–Crippen LogP) is 3.98. The van der Waals surface area contributed by atoms with Crippen molar-refractivity contribution in [3.05, 3.63) is 12.2 Å². The van der Waals surface area contributed by atoms with Crippen molar-refractivity contribution < 1.29 is 19.4 Å². The van der Waals surface area contributed by atoms with E-state index in [9.17, 15) is 9.59 Å². The van der Waals surface area contributed by atoms with Gasteiger partial charge in [0.05, 0.1) is 23.7 Å². The van der Waals surface area contributed by atoms with Crippen molar-refractivity contribution in [2.24, 2.45) is 11.8 Å². The van der Waals surface area contributed by atoms with Crippen LogP contribution in [0.3, 0.4) is 0 Å². The second-order valence-electron chi connectivity index (χ2n) is 8.50. The average Bonchev–Trinajstić information content (AvgIpc) is 3.32. The molecule has 0 radical (unpaired) electrons. The average molecular weight is 439 g/mol. The third kappa shape index (κ3) is 8.72. The number of carbonyl (C=O) groups is 2. The molecule has 2 heterocycles. The van der Waals surface area contributed by atoms with E-state index < -0.39 is 5.97 Å². The summed E-state index contributed by atoms with van der Waals surface area (Å²) >= 11 is 5.32. The molecule has 4 atom stereocenters. The summed E-state index contributed by atoms with van der Waals surface area (Å²) in [6.45, 7) is 3.07. The molecule has 2 aliphatic rings. The molecular weight excluding hydrogens is 400 g/mol. The van der Waals surface area contributed by atoms with E-state index in [-0.39, 0.29) is 31.1 Å². The first kappa shape index (κ1) is 24.8. The van der Waals surface area contributed by atoms with Crippen LogP contribution in [0.1, 0.15) is 77.6 Å². The van der Waals surface area contributed by atoms with Gasteiger partial charge in [0, 0.05) is 18.9 Å². The van der Waals surface area contributed by atoms with Crippen molar-refractivity contribution in [2.45, 2.75) is 89.8 Å². The number of carboxylic acid groups (broad SMARTS) is 1. The molecule has 6 nitrogen and oxygen atoms in total. The van der Waals surface area contributed by atoms with E-state index in [1.165, 1.54) is 19.3 Å². The summed E-state index contributed by atoms with van der Waals surface area (Å²) in [5.74, 6) is 0.00818.